The molecular formula is C21H18FN3O3. The van der Waals surface area contributed by atoms with E-state index >= 15 is 0 Å². The summed E-state index contributed by atoms with van der Waals surface area (Å²) in [6.45, 7) is 0.685. The summed E-state index contributed by atoms with van der Waals surface area (Å²) in [5.41, 5.74) is 1.94. The van der Waals surface area contributed by atoms with E-state index in [1.165, 1.54) is 12.1 Å². The third-order valence-corrected chi connectivity index (χ3v) is 4.28. The van der Waals surface area contributed by atoms with Crippen LogP contribution in [0.25, 0.3) is 0 Å². The molecule has 7 heteroatoms. The molecule has 0 bridgehead atoms. The summed E-state index contributed by atoms with van der Waals surface area (Å²) in [6, 6.07) is 15.1. The molecule has 142 valence electrons. The van der Waals surface area contributed by atoms with Gasteiger partial charge in [0, 0.05) is 18.4 Å². The molecule has 1 amide bonds. The molecule has 0 radical (unpaired) electrons. The molecular weight excluding hydrogens is 361 g/mol. The van der Waals surface area contributed by atoms with Crippen molar-refractivity contribution in [2.75, 3.05) is 18.7 Å². The monoisotopic (exact) mass is 379 g/mol. The van der Waals surface area contributed by atoms with Gasteiger partial charge in [-0.15, -0.1) is 0 Å². The Balaban J connectivity index is 1.39. The van der Waals surface area contributed by atoms with Gasteiger partial charge in [0.25, 0.3) is 5.91 Å². The summed E-state index contributed by atoms with van der Waals surface area (Å²) in [5.74, 6) is 1.20. The normalized spacial score (nSPS) is 11.9. The van der Waals surface area contributed by atoms with Gasteiger partial charge in [-0.1, -0.05) is 12.1 Å². The third kappa shape index (κ3) is 4.03. The number of hydrogen-bond donors (Lipinski definition) is 2. The topological polar surface area (TPSA) is 72.5 Å². The maximum atomic E-state index is 13.4. The summed E-state index contributed by atoms with van der Waals surface area (Å²) in [6.07, 6.45) is 2.22. The third-order valence-electron chi connectivity index (χ3n) is 4.28. The maximum absolute atomic E-state index is 13.4. The van der Waals surface area contributed by atoms with Crippen LogP contribution in [0.3, 0.4) is 0 Å². The zero-order valence-corrected chi connectivity index (χ0v) is 14.9. The number of carbonyl (C=O) groups is 1. The van der Waals surface area contributed by atoms with E-state index in [1.807, 2.05) is 18.2 Å². The van der Waals surface area contributed by atoms with Gasteiger partial charge in [0.05, 0.1) is 5.56 Å². The highest BCUT2D eigenvalue weighted by Crippen LogP contribution is 2.32. The Morgan fingerprint density at radius 1 is 1.07 bits per heavy atom. The highest BCUT2D eigenvalue weighted by atomic mass is 19.1. The second-order valence-electron chi connectivity index (χ2n) is 6.23. The van der Waals surface area contributed by atoms with Crippen LogP contribution in [-0.2, 0) is 6.42 Å². The number of hydrogen-bond acceptors (Lipinski definition) is 5. The fourth-order valence-corrected chi connectivity index (χ4v) is 2.90. The highest BCUT2D eigenvalue weighted by molar-refractivity contribution is 5.99. The Morgan fingerprint density at radius 2 is 1.96 bits per heavy atom. The summed E-state index contributed by atoms with van der Waals surface area (Å²) in [5, 5.41) is 5.88. The van der Waals surface area contributed by atoms with E-state index in [4.69, 9.17) is 9.47 Å². The van der Waals surface area contributed by atoms with Crippen LogP contribution in [0.5, 0.6) is 11.5 Å². The first-order valence-electron chi connectivity index (χ1n) is 8.83. The van der Waals surface area contributed by atoms with E-state index < -0.39 is 0 Å². The quantitative estimate of drug-likeness (QED) is 0.684. The van der Waals surface area contributed by atoms with Crippen LogP contribution < -0.4 is 20.1 Å². The molecule has 0 spiro atoms. The maximum Gasteiger partial charge on any atom is 0.255 e. The smallest absolute Gasteiger partial charge is 0.255 e. The number of carbonyl (C=O) groups excluding carboxylic acids is 1. The lowest BCUT2D eigenvalue weighted by Crippen LogP contribution is -2.26. The number of rotatable bonds is 6. The van der Waals surface area contributed by atoms with Gasteiger partial charge in [-0.3, -0.25) is 4.79 Å². The predicted octanol–water partition coefficient (Wildman–Crippen LogP) is 3.67. The van der Waals surface area contributed by atoms with Gasteiger partial charge in [-0.25, -0.2) is 9.37 Å². The highest BCUT2D eigenvalue weighted by Gasteiger charge is 2.14. The van der Waals surface area contributed by atoms with Crippen molar-refractivity contribution in [1.29, 1.82) is 0 Å². The lowest BCUT2D eigenvalue weighted by Gasteiger charge is -2.11. The predicted molar refractivity (Wildman–Crippen MR) is 103 cm³/mol. The fraction of sp³-hybridized carbons (Fsp3) is 0.143. The van der Waals surface area contributed by atoms with Crippen molar-refractivity contribution in [1.82, 2.24) is 10.3 Å². The SMILES string of the molecule is O=C(NCCc1ccc2c(c1)OCO2)c1cccnc1Nc1cccc(F)c1. The summed E-state index contributed by atoms with van der Waals surface area (Å²) in [7, 11) is 0. The van der Waals surface area contributed by atoms with Crippen LogP contribution in [0.1, 0.15) is 15.9 Å². The van der Waals surface area contributed by atoms with Crippen LogP contribution in [0, 0.1) is 5.82 Å². The van der Waals surface area contributed by atoms with Gasteiger partial charge in [0.1, 0.15) is 11.6 Å². The molecule has 0 atom stereocenters. The summed E-state index contributed by atoms with van der Waals surface area (Å²) >= 11 is 0. The molecule has 6 nitrogen and oxygen atoms in total. The van der Waals surface area contributed by atoms with Crippen LogP contribution >= 0.6 is 0 Å². The van der Waals surface area contributed by atoms with E-state index in [0.717, 1.165) is 17.1 Å². The van der Waals surface area contributed by atoms with Crippen molar-refractivity contribution in [3.05, 3.63) is 77.7 Å². The van der Waals surface area contributed by atoms with Gasteiger partial charge in [0.15, 0.2) is 11.5 Å². The first-order chi connectivity index (χ1) is 13.7. The van der Waals surface area contributed by atoms with Crippen LogP contribution in [0.4, 0.5) is 15.9 Å². The number of amides is 1. The van der Waals surface area contributed by atoms with Gasteiger partial charge < -0.3 is 20.1 Å². The van der Waals surface area contributed by atoms with Gasteiger partial charge in [-0.2, -0.15) is 0 Å². The van der Waals surface area contributed by atoms with Crippen molar-refractivity contribution < 1.29 is 18.7 Å². The fourth-order valence-electron chi connectivity index (χ4n) is 2.90. The lowest BCUT2D eigenvalue weighted by atomic mass is 10.1. The molecule has 4 rings (SSSR count). The van der Waals surface area contributed by atoms with Gasteiger partial charge >= 0.3 is 0 Å². The molecule has 3 aromatic rings. The van der Waals surface area contributed by atoms with Crippen molar-refractivity contribution in [2.45, 2.75) is 6.42 Å². The summed E-state index contributed by atoms with van der Waals surface area (Å²) < 4.78 is 24.0. The average molecular weight is 379 g/mol. The van der Waals surface area contributed by atoms with Crippen LogP contribution in [0.2, 0.25) is 0 Å². The molecule has 0 unspecified atom stereocenters. The Kier molecular flexibility index (Phi) is 5.05. The number of nitrogens with zero attached hydrogens (tertiary/aromatic N) is 1. The average Bonchev–Trinajstić information content (AvgIpc) is 3.16. The number of halogens is 1. The van der Waals surface area contributed by atoms with Gasteiger partial charge in [-0.05, 0) is 54.4 Å². The molecule has 0 aliphatic carbocycles. The standard InChI is InChI=1S/C21H18FN3O3/c22-15-3-1-4-16(12-15)25-20-17(5-2-9-23-20)21(26)24-10-8-14-6-7-18-19(11-14)28-13-27-18/h1-7,9,11-12H,8,10,13H2,(H,23,25)(H,24,26). The zero-order chi connectivity index (χ0) is 19.3. The number of nitrogens with one attached hydrogen (secondary N) is 2. The van der Waals surface area contributed by atoms with Crippen molar-refractivity contribution in [3.63, 3.8) is 0 Å². The minimum atomic E-state index is -0.365. The molecule has 2 heterocycles. The Labute approximate surface area is 161 Å². The summed E-state index contributed by atoms with van der Waals surface area (Å²) in [4.78, 5) is 16.8. The first-order valence-corrected chi connectivity index (χ1v) is 8.83. The molecule has 1 aliphatic heterocycles. The Bertz CT molecular complexity index is 1010. The molecule has 0 saturated heterocycles. The molecule has 0 saturated carbocycles. The van der Waals surface area contributed by atoms with Crippen molar-refractivity contribution in [2.24, 2.45) is 0 Å². The number of pyridine rings is 1. The van der Waals surface area contributed by atoms with E-state index in [-0.39, 0.29) is 18.5 Å². The first kappa shape index (κ1) is 17.8. The second-order valence-corrected chi connectivity index (χ2v) is 6.23. The minimum absolute atomic E-state index is 0.234. The molecule has 1 aromatic heterocycles. The lowest BCUT2D eigenvalue weighted by molar-refractivity contribution is 0.0954. The van der Waals surface area contributed by atoms with Crippen molar-refractivity contribution >= 4 is 17.4 Å². The molecule has 1 aliphatic rings. The molecule has 28 heavy (non-hydrogen) atoms. The van der Waals surface area contributed by atoms with Crippen LogP contribution in [-0.4, -0.2) is 24.2 Å². The molecule has 0 fully saturated rings. The van der Waals surface area contributed by atoms with E-state index in [1.54, 1.807) is 30.5 Å². The number of anilines is 2. The number of ether oxygens (including phenoxy) is 2. The zero-order valence-electron chi connectivity index (χ0n) is 14.9. The van der Waals surface area contributed by atoms with E-state index in [2.05, 4.69) is 15.6 Å². The number of benzene rings is 2. The Hall–Kier alpha value is -3.61. The Morgan fingerprint density at radius 3 is 2.86 bits per heavy atom. The molecule has 2 aromatic carbocycles. The number of aromatic nitrogens is 1. The number of fused-ring (bicyclic) bond motifs is 1. The molecule has 2 N–H and O–H groups in total. The largest absolute Gasteiger partial charge is 0.454 e. The van der Waals surface area contributed by atoms with E-state index in [9.17, 15) is 9.18 Å². The van der Waals surface area contributed by atoms with Crippen LogP contribution in [0.15, 0.2) is 60.8 Å². The minimum Gasteiger partial charge on any atom is -0.454 e. The van der Waals surface area contributed by atoms with Crippen molar-refractivity contribution in [3.8, 4) is 11.5 Å². The van der Waals surface area contributed by atoms with Gasteiger partial charge in [0.2, 0.25) is 6.79 Å². The second kappa shape index (κ2) is 7.96. The van der Waals surface area contributed by atoms with E-state index in [0.29, 0.717) is 30.0 Å².